The minimum Gasteiger partial charge on any atom is -0.369 e. The number of aromatic nitrogens is 4. The second-order valence-electron chi connectivity index (χ2n) is 4.01. The SMILES string of the molecule is Cc1cc(F)ccc1-c1cnc(N)n2cnnc12. The summed E-state index contributed by atoms with van der Waals surface area (Å²) in [5.41, 5.74) is 8.78. The van der Waals surface area contributed by atoms with E-state index in [1.165, 1.54) is 18.5 Å². The van der Waals surface area contributed by atoms with E-state index in [9.17, 15) is 4.39 Å². The van der Waals surface area contributed by atoms with E-state index in [4.69, 9.17) is 5.73 Å². The van der Waals surface area contributed by atoms with Gasteiger partial charge < -0.3 is 5.73 Å². The first-order chi connectivity index (χ1) is 8.66. The van der Waals surface area contributed by atoms with Gasteiger partial charge in [0, 0.05) is 11.8 Å². The van der Waals surface area contributed by atoms with Crippen LogP contribution >= 0.6 is 0 Å². The summed E-state index contributed by atoms with van der Waals surface area (Å²) in [4.78, 5) is 4.09. The predicted octanol–water partition coefficient (Wildman–Crippen LogP) is 1.82. The number of fused-ring (bicyclic) bond motifs is 1. The van der Waals surface area contributed by atoms with E-state index in [0.29, 0.717) is 11.6 Å². The Morgan fingerprint density at radius 2 is 2.11 bits per heavy atom. The van der Waals surface area contributed by atoms with E-state index in [0.717, 1.165) is 16.7 Å². The fourth-order valence-electron chi connectivity index (χ4n) is 1.96. The summed E-state index contributed by atoms with van der Waals surface area (Å²) in [5.74, 6) is 0.0515. The van der Waals surface area contributed by atoms with Crippen LogP contribution in [0.1, 0.15) is 5.56 Å². The Morgan fingerprint density at radius 3 is 2.89 bits per heavy atom. The summed E-state index contributed by atoms with van der Waals surface area (Å²) in [7, 11) is 0. The average molecular weight is 243 g/mol. The Labute approximate surface area is 102 Å². The molecular formula is C12H10FN5. The Hall–Kier alpha value is -2.50. The van der Waals surface area contributed by atoms with E-state index in [2.05, 4.69) is 15.2 Å². The summed E-state index contributed by atoms with van der Waals surface area (Å²) in [6, 6.07) is 4.58. The van der Waals surface area contributed by atoms with E-state index < -0.39 is 0 Å². The van der Waals surface area contributed by atoms with Crippen LogP contribution in [0.3, 0.4) is 0 Å². The lowest BCUT2D eigenvalue weighted by Crippen LogP contribution is -2.01. The van der Waals surface area contributed by atoms with Crippen molar-refractivity contribution < 1.29 is 4.39 Å². The zero-order valence-corrected chi connectivity index (χ0v) is 9.63. The molecule has 2 aromatic heterocycles. The summed E-state index contributed by atoms with van der Waals surface area (Å²) >= 11 is 0. The highest BCUT2D eigenvalue weighted by molar-refractivity contribution is 5.79. The van der Waals surface area contributed by atoms with E-state index >= 15 is 0 Å². The van der Waals surface area contributed by atoms with Gasteiger partial charge in [-0.1, -0.05) is 6.07 Å². The van der Waals surface area contributed by atoms with Gasteiger partial charge in [-0.15, -0.1) is 10.2 Å². The first-order valence-corrected chi connectivity index (χ1v) is 5.37. The van der Waals surface area contributed by atoms with Crippen LogP contribution in [0.25, 0.3) is 16.8 Å². The van der Waals surface area contributed by atoms with Crippen molar-refractivity contribution in [2.24, 2.45) is 0 Å². The van der Waals surface area contributed by atoms with Gasteiger partial charge in [0.15, 0.2) is 5.65 Å². The number of rotatable bonds is 1. The standard InChI is InChI=1S/C12H10FN5/c1-7-4-8(13)2-3-9(7)10-5-15-12(14)18-6-16-17-11(10)18/h2-6H,1H3,(H2,14,15). The maximum absolute atomic E-state index is 13.1. The Morgan fingerprint density at radius 1 is 1.28 bits per heavy atom. The van der Waals surface area contributed by atoms with Gasteiger partial charge in [-0.3, -0.25) is 4.40 Å². The Kier molecular flexibility index (Phi) is 2.22. The largest absolute Gasteiger partial charge is 0.369 e. The third kappa shape index (κ3) is 1.50. The number of hydrogen-bond donors (Lipinski definition) is 1. The van der Waals surface area contributed by atoms with Crippen molar-refractivity contribution in [2.75, 3.05) is 5.73 Å². The van der Waals surface area contributed by atoms with Crippen molar-refractivity contribution in [3.05, 3.63) is 42.1 Å². The second-order valence-corrected chi connectivity index (χ2v) is 4.01. The van der Waals surface area contributed by atoms with Crippen LogP contribution in [0.5, 0.6) is 0 Å². The quantitative estimate of drug-likeness (QED) is 0.707. The molecule has 0 unspecified atom stereocenters. The van der Waals surface area contributed by atoms with Crippen LogP contribution < -0.4 is 5.73 Å². The zero-order valence-electron chi connectivity index (χ0n) is 9.63. The summed E-state index contributed by atoms with van der Waals surface area (Å²) < 4.78 is 14.7. The molecule has 0 fully saturated rings. The lowest BCUT2D eigenvalue weighted by atomic mass is 10.0. The molecule has 90 valence electrons. The highest BCUT2D eigenvalue weighted by Crippen LogP contribution is 2.27. The molecule has 6 heteroatoms. The van der Waals surface area contributed by atoms with Crippen LogP contribution in [-0.4, -0.2) is 19.6 Å². The number of halogens is 1. The van der Waals surface area contributed by atoms with Crippen molar-refractivity contribution >= 4 is 11.6 Å². The van der Waals surface area contributed by atoms with E-state index in [1.54, 1.807) is 16.7 Å². The molecule has 0 aliphatic heterocycles. The zero-order chi connectivity index (χ0) is 12.7. The van der Waals surface area contributed by atoms with Gasteiger partial charge in [0.2, 0.25) is 5.95 Å². The second kappa shape index (κ2) is 3.76. The van der Waals surface area contributed by atoms with Gasteiger partial charge in [-0.25, -0.2) is 9.37 Å². The third-order valence-electron chi connectivity index (χ3n) is 2.84. The molecule has 3 aromatic rings. The topological polar surface area (TPSA) is 69.1 Å². The lowest BCUT2D eigenvalue weighted by molar-refractivity contribution is 0.627. The third-order valence-corrected chi connectivity index (χ3v) is 2.84. The fraction of sp³-hybridized carbons (Fsp3) is 0.0833. The van der Waals surface area contributed by atoms with Crippen molar-refractivity contribution in [3.63, 3.8) is 0 Å². The lowest BCUT2D eigenvalue weighted by Gasteiger charge is -2.07. The molecule has 0 saturated carbocycles. The van der Waals surface area contributed by atoms with Crippen LogP contribution in [0.2, 0.25) is 0 Å². The molecule has 1 aromatic carbocycles. The number of benzene rings is 1. The minimum atomic E-state index is -0.267. The highest BCUT2D eigenvalue weighted by atomic mass is 19.1. The maximum Gasteiger partial charge on any atom is 0.207 e. The molecular weight excluding hydrogens is 233 g/mol. The first-order valence-electron chi connectivity index (χ1n) is 5.37. The van der Waals surface area contributed by atoms with Crippen molar-refractivity contribution in [1.29, 1.82) is 0 Å². The molecule has 0 radical (unpaired) electrons. The average Bonchev–Trinajstić information content (AvgIpc) is 2.81. The highest BCUT2D eigenvalue weighted by Gasteiger charge is 2.11. The first kappa shape index (κ1) is 10.6. The Balaban J connectivity index is 2.32. The van der Waals surface area contributed by atoms with E-state index in [-0.39, 0.29) is 5.82 Å². The van der Waals surface area contributed by atoms with Crippen LogP contribution in [-0.2, 0) is 0 Å². The van der Waals surface area contributed by atoms with Crippen LogP contribution in [0.4, 0.5) is 10.3 Å². The summed E-state index contributed by atoms with van der Waals surface area (Å²) in [6.45, 7) is 1.83. The molecule has 0 amide bonds. The van der Waals surface area contributed by atoms with Crippen molar-refractivity contribution in [3.8, 4) is 11.1 Å². The van der Waals surface area contributed by atoms with Crippen molar-refractivity contribution in [2.45, 2.75) is 6.92 Å². The molecule has 0 atom stereocenters. The number of aryl methyl sites for hydroxylation is 1. The minimum absolute atomic E-state index is 0.267. The van der Waals surface area contributed by atoms with Crippen LogP contribution in [0.15, 0.2) is 30.7 Å². The van der Waals surface area contributed by atoms with E-state index in [1.807, 2.05) is 6.92 Å². The summed E-state index contributed by atoms with van der Waals surface area (Å²) in [6.07, 6.45) is 3.12. The molecule has 0 saturated heterocycles. The predicted molar refractivity (Wildman–Crippen MR) is 65.3 cm³/mol. The number of nitrogen functional groups attached to an aromatic ring is 1. The number of hydrogen-bond acceptors (Lipinski definition) is 4. The number of anilines is 1. The molecule has 18 heavy (non-hydrogen) atoms. The molecule has 0 aliphatic carbocycles. The molecule has 5 nitrogen and oxygen atoms in total. The van der Waals surface area contributed by atoms with Gasteiger partial charge in [-0.05, 0) is 30.2 Å². The summed E-state index contributed by atoms with van der Waals surface area (Å²) in [5, 5.41) is 7.83. The monoisotopic (exact) mass is 243 g/mol. The maximum atomic E-state index is 13.1. The van der Waals surface area contributed by atoms with Crippen LogP contribution in [0, 0.1) is 12.7 Å². The van der Waals surface area contributed by atoms with Gasteiger partial charge in [0.25, 0.3) is 0 Å². The number of nitrogens with zero attached hydrogens (tertiary/aromatic N) is 4. The number of nitrogens with two attached hydrogens (primary N) is 1. The molecule has 3 rings (SSSR count). The van der Waals surface area contributed by atoms with Gasteiger partial charge in [0.1, 0.15) is 12.1 Å². The molecule has 0 spiro atoms. The molecule has 2 N–H and O–H groups in total. The molecule has 0 aliphatic rings. The molecule has 0 bridgehead atoms. The van der Waals surface area contributed by atoms with Crippen molar-refractivity contribution in [1.82, 2.24) is 19.6 Å². The smallest absolute Gasteiger partial charge is 0.207 e. The van der Waals surface area contributed by atoms with Gasteiger partial charge in [-0.2, -0.15) is 0 Å². The van der Waals surface area contributed by atoms with Gasteiger partial charge >= 0.3 is 0 Å². The Bertz CT molecular complexity index is 734. The normalized spacial score (nSPS) is 11.0. The van der Waals surface area contributed by atoms with Gasteiger partial charge in [0.05, 0.1) is 0 Å². The fourth-order valence-corrected chi connectivity index (χ4v) is 1.96. The molecule has 2 heterocycles.